The van der Waals surface area contributed by atoms with Gasteiger partial charge in [0.15, 0.2) is 0 Å². The Hall–Kier alpha value is -2.03. The Morgan fingerprint density at radius 1 is 0.443 bits per heavy atom. The van der Waals surface area contributed by atoms with Crippen molar-refractivity contribution in [2.75, 3.05) is 40.9 Å². The molecule has 0 fully saturated rings. The van der Waals surface area contributed by atoms with Crippen LogP contribution in [0.1, 0.15) is 329 Å². The van der Waals surface area contributed by atoms with Crippen LogP contribution < -0.4 is 5.32 Å². The highest BCUT2D eigenvalue weighted by Gasteiger charge is 2.30. The van der Waals surface area contributed by atoms with Gasteiger partial charge in [-0.25, -0.2) is 4.57 Å². The molecule has 3 unspecified atom stereocenters. The number of phosphoric acid groups is 1. The topological polar surface area (TPSA) is 111 Å². The molecule has 0 bridgehead atoms. The number of nitrogens with one attached hydrogen (secondary N) is 1. The van der Waals surface area contributed by atoms with E-state index in [0.717, 1.165) is 70.6 Å². The largest absolute Gasteiger partial charge is 0.472 e. The van der Waals surface area contributed by atoms with Crippen LogP contribution in [-0.4, -0.2) is 74.3 Å². The number of unbranched alkanes of at least 4 members (excludes halogenated alkanes) is 40. The van der Waals surface area contributed by atoms with E-state index in [1.807, 2.05) is 33.3 Å². The lowest BCUT2D eigenvalue weighted by Gasteiger charge is -2.27. The van der Waals surface area contributed by atoms with E-state index < -0.39 is 20.0 Å². The highest BCUT2D eigenvalue weighted by Crippen LogP contribution is 2.43. The number of ether oxygens (including phenoxy) is 1. The van der Waals surface area contributed by atoms with Gasteiger partial charge in [-0.3, -0.25) is 18.6 Å². The molecule has 464 valence electrons. The van der Waals surface area contributed by atoms with Crippen molar-refractivity contribution in [2.45, 2.75) is 341 Å². The molecule has 0 aromatic carbocycles. The van der Waals surface area contributed by atoms with E-state index in [1.165, 1.54) is 225 Å². The average Bonchev–Trinajstić information content (AvgIpc) is 3.41. The first-order valence-electron chi connectivity index (χ1n) is 34.0. The summed E-state index contributed by atoms with van der Waals surface area (Å²) in [5, 5.41) is 3.07. The van der Waals surface area contributed by atoms with Crippen molar-refractivity contribution in [1.29, 1.82) is 0 Å². The van der Waals surface area contributed by atoms with Crippen LogP contribution in [-0.2, 0) is 27.9 Å². The van der Waals surface area contributed by atoms with E-state index >= 15 is 0 Å². The number of hydrogen-bond donors (Lipinski definition) is 2. The van der Waals surface area contributed by atoms with Crippen LogP contribution in [0.2, 0.25) is 0 Å². The second-order valence-electron chi connectivity index (χ2n) is 24.3. The fraction of sp³-hybridized carbons (Fsp3) is 0.855. The molecule has 9 nitrogen and oxygen atoms in total. The third kappa shape index (κ3) is 60.4. The molecule has 0 aliphatic rings. The molecule has 3 atom stereocenters. The Bertz CT molecular complexity index is 1490. The summed E-state index contributed by atoms with van der Waals surface area (Å²) in [5.74, 6) is -0.498. The molecule has 0 aliphatic carbocycles. The number of allylic oxidation sites excluding steroid dienone is 7. The zero-order valence-electron chi connectivity index (χ0n) is 53.1. The van der Waals surface area contributed by atoms with Crippen molar-refractivity contribution in [3.63, 3.8) is 0 Å². The van der Waals surface area contributed by atoms with Crippen molar-refractivity contribution in [3.05, 3.63) is 48.6 Å². The van der Waals surface area contributed by atoms with Gasteiger partial charge in [0.05, 0.1) is 33.8 Å². The minimum Gasteiger partial charge on any atom is -0.456 e. The molecule has 10 heteroatoms. The van der Waals surface area contributed by atoms with Crippen LogP contribution in [0.25, 0.3) is 0 Å². The molecule has 0 saturated heterocycles. The molecule has 0 aromatic rings. The first-order chi connectivity index (χ1) is 38.4. The van der Waals surface area contributed by atoms with Gasteiger partial charge in [0.1, 0.15) is 19.3 Å². The van der Waals surface area contributed by atoms with Crippen LogP contribution in [0.3, 0.4) is 0 Å². The maximum absolute atomic E-state index is 13.6. The van der Waals surface area contributed by atoms with Crippen molar-refractivity contribution < 1.29 is 37.3 Å². The third-order valence-corrected chi connectivity index (χ3v) is 16.2. The van der Waals surface area contributed by atoms with Gasteiger partial charge in [-0.05, 0) is 89.5 Å². The van der Waals surface area contributed by atoms with E-state index in [9.17, 15) is 19.0 Å². The van der Waals surface area contributed by atoms with E-state index in [0.29, 0.717) is 23.9 Å². The summed E-state index contributed by atoms with van der Waals surface area (Å²) >= 11 is 0. The SMILES string of the molecule is CCCCC/C=C\C/C=C\CCCCCCCCCCCCCCCC(=O)OC(/C=C\CCCCCCCCCCCCC)C(COP(=O)(O)OCC[N+](C)(C)C)NC(=O)CCCCCCCCC/C=C/CCCCCCCC. The highest BCUT2D eigenvalue weighted by molar-refractivity contribution is 7.47. The number of amides is 1. The lowest BCUT2D eigenvalue weighted by molar-refractivity contribution is -0.870. The Morgan fingerprint density at radius 2 is 0.772 bits per heavy atom. The minimum absolute atomic E-state index is 0.0404. The average molecular weight is 1130 g/mol. The molecular weight excluding hydrogens is 1000 g/mol. The van der Waals surface area contributed by atoms with Crippen molar-refractivity contribution in [3.8, 4) is 0 Å². The second-order valence-corrected chi connectivity index (χ2v) is 25.8. The number of likely N-dealkylation sites (N-methyl/N-ethyl adjacent to an activating group) is 1. The van der Waals surface area contributed by atoms with E-state index in [4.69, 9.17) is 13.8 Å². The number of hydrogen-bond acceptors (Lipinski definition) is 6. The summed E-state index contributed by atoms with van der Waals surface area (Å²) < 4.78 is 30.8. The number of carbonyl (C=O) groups excluding carboxylic acids is 2. The number of rotatable bonds is 62. The van der Waals surface area contributed by atoms with Crippen LogP contribution in [0.4, 0.5) is 0 Å². The van der Waals surface area contributed by atoms with E-state index in [2.05, 4.69) is 62.5 Å². The fourth-order valence-electron chi connectivity index (χ4n) is 9.97. The summed E-state index contributed by atoms with van der Waals surface area (Å²) in [6.45, 7) is 7.02. The van der Waals surface area contributed by atoms with E-state index in [1.54, 1.807) is 0 Å². The number of nitrogens with zero attached hydrogens (tertiary/aromatic N) is 1. The first-order valence-corrected chi connectivity index (χ1v) is 35.5. The molecular formula is C69H132N2O7P+. The fourth-order valence-corrected chi connectivity index (χ4v) is 10.7. The molecule has 1 amide bonds. The summed E-state index contributed by atoms with van der Waals surface area (Å²) in [7, 11) is 1.50. The number of esters is 1. The summed E-state index contributed by atoms with van der Waals surface area (Å²) in [6.07, 6.45) is 73.9. The number of quaternary nitrogens is 1. The van der Waals surface area contributed by atoms with Gasteiger partial charge < -0.3 is 19.4 Å². The predicted molar refractivity (Wildman–Crippen MR) is 342 cm³/mol. The van der Waals surface area contributed by atoms with Gasteiger partial charge in [-0.1, -0.05) is 275 Å². The second kappa shape index (κ2) is 59.1. The molecule has 0 aliphatic heterocycles. The van der Waals surface area contributed by atoms with Gasteiger partial charge in [0, 0.05) is 12.8 Å². The smallest absolute Gasteiger partial charge is 0.456 e. The third-order valence-electron chi connectivity index (χ3n) is 15.2. The monoisotopic (exact) mass is 1130 g/mol. The number of carbonyl (C=O) groups is 2. The maximum Gasteiger partial charge on any atom is 0.472 e. The van der Waals surface area contributed by atoms with Crippen LogP contribution in [0.15, 0.2) is 48.6 Å². The van der Waals surface area contributed by atoms with Gasteiger partial charge in [0.25, 0.3) is 0 Å². The van der Waals surface area contributed by atoms with Crippen LogP contribution in [0, 0.1) is 0 Å². The zero-order valence-corrected chi connectivity index (χ0v) is 54.0. The Morgan fingerprint density at radius 3 is 1.18 bits per heavy atom. The summed E-state index contributed by atoms with van der Waals surface area (Å²) in [5.41, 5.74) is 0. The normalized spacial score (nSPS) is 13.9. The molecule has 79 heavy (non-hydrogen) atoms. The predicted octanol–water partition coefficient (Wildman–Crippen LogP) is 21.2. The molecule has 0 saturated carbocycles. The maximum atomic E-state index is 13.6. The van der Waals surface area contributed by atoms with Crippen LogP contribution >= 0.6 is 7.82 Å². The van der Waals surface area contributed by atoms with Crippen LogP contribution in [0.5, 0.6) is 0 Å². The summed E-state index contributed by atoms with van der Waals surface area (Å²) in [6, 6.07) is -0.850. The molecule has 0 aromatic heterocycles. The summed E-state index contributed by atoms with van der Waals surface area (Å²) in [4.78, 5) is 37.8. The van der Waals surface area contributed by atoms with Gasteiger partial charge in [0.2, 0.25) is 5.91 Å². The lowest BCUT2D eigenvalue weighted by Crippen LogP contribution is -2.47. The highest BCUT2D eigenvalue weighted by atomic mass is 31.2. The Labute approximate surface area is 490 Å². The number of phosphoric ester groups is 1. The Kier molecular flexibility index (Phi) is 57.6. The van der Waals surface area contributed by atoms with E-state index in [-0.39, 0.29) is 25.1 Å². The van der Waals surface area contributed by atoms with Gasteiger partial charge in [-0.15, -0.1) is 0 Å². The standard InChI is InChI=1S/C69H131N2O7P/c1-7-10-13-16-19-22-25-28-30-32-33-34-35-36-37-39-41-44-47-50-53-56-59-62-69(73)78-67(60-57-54-51-48-45-42-27-24-21-18-15-12-9-3)66(65-77-79(74,75)76-64-63-71(4,5)6)70-68(72)61-58-55-52-49-46-43-40-38-31-29-26-23-20-17-14-11-8-2/h19,22,28-31,57,60,66-67H,7-18,20-21,23-27,32-56,58-59,61-65H2,1-6H3,(H-,70,72,74,75)/p+1/b22-19-,30-28-,31-29+,60-57-. The lowest BCUT2D eigenvalue weighted by atomic mass is 10.0. The molecule has 0 heterocycles. The first kappa shape index (κ1) is 77.0. The van der Waals surface area contributed by atoms with Gasteiger partial charge >= 0.3 is 13.8 Å². The van der Waals surface area contributed by atoms with Crippen molar-refractivity contribution in [1.82, 2.24) is 5.32 Å². The zero-order chi connectivity index (χ0) is 57.9. The molecule has 0 rings (SSSR count). The molecule has 2 N–H and O–H groups in total. The molecule has 0 radical (unpaired) electrons. The molecule has 0 spiro atoms. The minimum atomic E-state index is -4.45. The van der Waals surface area contributed by atoms with Gasteiger partial charge in [-0.2, -0.15) is 0 Å². The van der Waals surface area contributed by atoms with Crippen molar-refractivity contribution >= 4 is 19.7 Å². The Balaban J connectivity index is 5.15. The van der Waals surface area contributed by atoms with Crippen molar-refractivity contribution in [2.24, 2.45) is 0 Å². The quantitative estimate of drug-likeness (QED) is 0.0205.